The third-order valence-corrected chi connectivity index (χ3v) is 3.56. The number of ether oxygens (including phenoxy) is 1. The minimum atomic E-state index is -0.368. The van der Waals surface area contributed by atoms with E-state index in [1.807, 2.05) is 24.3 Å². The fraction of sp³-hybridized carbons (Fsp3) is 0.250. The van der Waals surface area contributed by atoms with Crippen LogP contribution in [-0.4, -0.2) is 17.5 Å². The quantitative estimate of drug-likeness (QED) is 0.885. The van der Waals surface area contributed by atoms with Crippen molar-refractivity contribution in [2.45, 2.75) is 19.4 Å². The Bertz CT molecular complexity index is 736. The van der Waals surface area contributed by atoms with Gasteiger partial charge in [-0.3, -0.25) is 9.59 Å². The Kier molecular flexibility index (Phi) is 3.48. The van der Waals surface area contributed by atoms with E-state index >= 15 is 0 Å². The standard InChI is InChI=1S/C16H16N2O3/c1-10-6-7-12(15(19)17-10)16(20)18-13-8-9-21-14-5-3-2-4-11(13)14/h2-7,13H,8-9H2,1H3,(H,17,19)(H,18,20)/t13-/m0/s1. The molecule has 0 unspecified atom stereocenters. The molecular formula is C16H16N2O3. The van der Waals surface area contributed by atoms with Crippen LogP contribution in [0, 0.1) is 6.92 Å². The number of pyridine rings is 1. The summed E-state index contributed by atoms with van der Waals surface area (Å²) in [6.07, 6.45) is 0.687. The van der Waals surface area contributed by atoms with Crippen molar-refractivity contribution in [3.05, 3.63) is 63.6 Å². The Morgan fingerprint density at radius 1 is 1.29 bits per heavy atom. The van der Waals surface area contributed by atoms with Gasteiger partial charge in [-0.15, -0.1) is 0 Å². The first-order valence-corrected chi connectivity index (χ1v) is 6.87. The maximum atomic E-state index is 12.3. The van der Waals surface area contributed by atoms with Crippen molar-refractivity contribution in [3.63, 3.8) is 0 Å². The summed E-state index contributed by atoms with van der Waals surface area (Å²) < 4.78 is 5.56. The number of H-pyrrole nitrogens is 1. The summed E-state index contributed by atoms with van der Waals surface area (Å²) in [6.45, 7) is 2.32. The average Bonchev–Trinajstić information content (AvgIpc) is 2.47. The predicted octanol–water partition coefficient (Wildman–Crippen LogP) is 1.94. The van der Waals surface area contributed by atoms with Gasteiger partial charge in [-0.25, -0.2) is 0 Å². The lowest BCUT2D eigenvalue weighted by Crippen LogP contribution is -2.35. The molecule has 1 atom stereocenters. The van der Waals surface area contributed by atoms with Gasteiger partial charge < -0.3 is 15.0 Å². The number of hydrogen-bond acceptors (Lipinski definition) is 3. The zero-order chi connectivity index (χ0) is 14.8. The van der Waals surface area contributed by atoms with Crippen molar-refractivity contribution in [3.8, 4) is 5.75 Å². The molecule has 5 nitrogen and oxygen atoms in total. The summed E-state index contributed by atoms with van der Waals surface area (Å²) in [6, 6.07) is 10.7. The largest absolute Gasteiger partial charge is 0.493 e. The smallest absolute Gasteiger partial charge is 0.260 e. The number of hydrogen-bond donors (Lipinski definition) is 2. The highest BCUT2D eigenvalue weighted by atomic mass is 16.5. The maximum absolute atomic E-state index is 12.3. The van der Waals surface area contributed by atoms with Crippen LogP contribution in [0.1, 0.15) is 34.1 Å². The Morgan fingerprint density at radius 2 is 2.10 bits per heavy atom. The number of benzene rings is 1. The van der Waals surface area contributed by atoms with Gasteiger partial charge in [-0.2, -0.15) is 0 Å². The van der Waals surface area contributed by atoms with E-state index in [0.717, 1.165) is 17.0 Å². The highest BCUT2D eigenvalue weighted by Gasteiger charge is 2.23. The highest BCUT2D eigenvalue weighted by Crippen LogP contribution is 2.31. The van der Waals surface area contributed by atoms with E-state index in [4.69, 9.17) is 4.74 Å². The number of amides is 1. The Balaban J connectivity index is 1.84. The molecule has 1 aromatic carbocycles. The molecule has 2 N–H and O–H groups in total. The van der Waals surface area contributed by atoms with Gasteiger partial charge in [0.15, 0.2) is 0 Å². The number of rotatable bonds is 2. The molecule has 1 aliphatic rings. The molecular weight excluding hydrogens is 268 g/mol. The Morgan fingerprint density at radius 3 is 2.90 bits per heavy atom. The Hall–Kier alpha value is -2.56. The summed E-state index contributed by atoms with van der Waals surface area (Å²) in [5.41, 5.74) is 1.44. The first-order valence-electron chi connectivity index (χ1n) is 6.87. The van der Waals surface area contributed by atoms with E-state index in [1.54, 1.807) is 19.1 Å². The summed E-state index contributed by atoms with van der Waals surface area (Å²) >= 11 is 0. The molecule has 0 saturated heterocycles. The Labute approximate surface area is 122 Å². The molecule has 5 heteroatoms. The number of carbonyl (C=O) groups excluding carboxylic acids is 1. The van der Waals surface area contributed by atoms with E-state index in [-0.39, 0.29) is 23.1 Å². The van der Waals surface area contributed by atoms with Crippen molar-refractivity contribution in [1.82, 2.24) is 10.3 Å². The molecule has 1 aliphatic heterocycles. The monoisotopic (exact) mass is 284 g/mol. The van der Waals surface area contributed by atoms with E-state index in [9.17, 15) is 9.59 Å². The molecule has 0 bridgehead atoms. The second-order valence-electron chi connectivity index (χ2n) is 5.09. The van der Waals surface area contributed by atoms with Gasteiger partial charge in [0.1, 0.15) is 11.3 Å². The van der Waals surface area contributed by atoms with Gasteiger partial charge in [0.05, 0.1) is 12.6 Å². The van der Waals surface area contributed by atoms with Crippen molar-refractivity contribution < 1.29 is 9.53 Å². The molecule has 0 saturated carbocycles. The summed E-state index contributed by atoms with van der Waals surface area (Å²) in [7, 11) is 0. The highest BCUT2D eigenvalue weighted by molar-refractivity contribution is 5.94. The fourth-order valence-electron chi connectivity index (χ4n) is 2.48. The van der Waals surface area contributed by atoms with E-state index in [0.29, 0.717) is 13.0 Å². The average molecular weight is 284 g/mol. The molecule has 0 fully saturated rings. The second-order valence-corrected chi connectivity index (χ2v) is 5.09. The second kappa shape index (κ2) is 5.44. The van der Waals surface area contributed by atoms with Crippen LogP contribution in [0.15, 0.2) is 41.2 Å². The van der Waals surface area contributed by atoms with Gasteiger partial charge in [0.25, 0.3) is 11.5 Å². The van der Waals surface area contributed by atoms with Crippen molar-refractivity contribution >= 4 is 5.91 Å². The topological polar surface area (TPSA) is 71.2 Å². The van der Waals surface area contributed by atoms with Crippen LogP contribution < -0.4 is 15.6 Å². The van der Waals surface area contributed by atoms with E-state index < -0.39 is 0 Å². The number of aromatic nitrogens is 1. The number of aromatic amines is 1. The SMILES string of the molecule is Cc1ccc(C(=O)N[C@H]2CCOc3ccccc32)c(=O)[nH]1. The lowest BCUT2D eigenvalue weighted by Gasteiger charge is -2.26. The van der Waals surface area contributed by atoms with Crippen LogP contribution >= 0.6 is 0 Å². The molecule has 2 aromatic rings. The van der Waals surface area contributed by atoms with Crippen LogP contribution in [0.25, 0.3) is 0 Å². The third kappa shape index (κ3) is 2.67. The zero-order valence-corrected chi connectivity index (χ0v) is 11.7. The number of aryl methyl sites for hydroxylation is 1. The lowest BCUT2D eigenvalue weighted by molar-refractivity contribution is 0.0923. The summed E-state index contributed by atoms with van der Waals surface area (Å²) in [4.78, 5) is 26.7. The van der Waals surface area contributed by atoms with Crippen molar-refractivity contribution in [2.75, 3.05) is 6.61 Å². The first kappa shape index (κ1) is 13.4. The molecule has 108 valence electrons. The van der Waals surface area contributed by atoms with Gasteiger partial charge in [-0.1, -0.05) is 18.2 Å². The molecule has 0 aliphatic carbocycles. The minimum absolute atomic E-state index is 0.129. The molecule has 3 rings (SSSR count). The van der Waals surface area contributed by atoms with Crippen LogP contribution in [0.2, 0.25) is 0 Å². The fourth-order valence-corrected chi connectivity index (χ4v) is 2.48. The third-order valence-electron chi connectivity index (χ3n) is 3.56. The van der Waals surface area contributed by atoms with Crippen LogP contribution in [0.3, 0.4) is 0 Å². The number of para-hydroxylation sites is 1. The molecule has 2 heterocycles. The van der Waals surface area contributed by atoms with Crippen LogP contribution in [0.5, 0.6) is 5.75 Å². The van der Waals surface area contributed by atoms with Crippen molar-refractivity contribution in [2.24, 2.45) is 0 Å². The van der Waals surface area contributed by atoms with Crippen LogP contribution in [0.4, 0.5) is 0 Å². The maximum Gasteiger partial charge on any atom is 0.260 e. The molecule has 1 aromatic heterocycles. The summed E-state index contributed by atoms with van der Waals surface area (Å²) in [5, 5.41) is 2.91. The van der Waals surface area contributed by atoms with Crippen molar-refractivity contribution in [1.29, 1.82) is 0 Å². The summed E-state index contributed by atoms with van der Waals surface area (Å²) in [5.74, 6) is 0.421. The first-order chi connectivity index (χ1) is 10.1. The molecule has 21 heavy (non-hydrogen) atoms. The minimum Gasteiger partial charge on any atom is -0.493 e. The predicted molar refractivity (Wildman–Crippen MR) is 78.6 cm³/mol. The van der Waals surface area contributed by atoms with Gasteiger partial charge >= 0.3 is 0 Å². The number of carbonyl (C=O) groups is 1. The normalized spacial score (nSPS) is 16.7. The molecule has 0 radical (unpaired) electrons. The van der Waals surface area contributed by atoms with Gasteiger partial charge in [0.2, 0.25) is 0 Å². The number of fused-ring (bicyclic) bond motifs is 1. The van der Waals surface area contributed by atoms with Gasteiger partial charge in [-0.05, 0) is 25.1 Å². The molecule has 1 amide bonds. The lowest BCUT2D eigenvalue weighted by atomic mass is 10.0. The van der Waals surface area contributed by atoms with E-state index in [2.05, 4.69) is 10.3 Å². The molecule has 0 spiro atoms. The number of nitrogens with one attached hydrogen (secondary N) is 2. The van der Waals surface area contributed by atoms with Gasteiger partial charge in [0, 0.05) is 17.7 Å². The van der Waals surface area contributed by atoms with Crippen LogP contribution in [-0.2, 0) is 0 Å². The van der Waals surface area contributed by atoms with E-state index in [1.165, 1.54) is 0 Å². The zero-order valence-electron chi connectivity index (χ0n) is 11.7.